The Hall–Kier alpha value is -1.26. The maximum absolute atomic E-state index is 13.3. The summed E-state index contributed by atoms with van der Waals surface area (Å²) < 4.78 is 13.3. The van der Waals surface area contributed by atoms with Gasteiger partial charge < -0.3 is 5.32 Å². The number of hydrogen-bond donors (Lipinski definition) is 1. The van der Waals surface area contributed by atoms with E-state index in [0.29, 0.717) is 0 Å². The van der Waals surface area contributed by atoms with Gasteiger partial charge >= 0.3 is 0 Å². The number of benzene rings is 1. The van der Waals surface area contributed by atoms with Gasteiger partial charge in [-0.15, -0.1) is 11.3 Å². The molecule has 19 heavy (non-hydrogen) atoms. The van der Waals surface area contributed by atoms with Crippen molar-refractivity contribution in [3.05, 3.63) is 40.7 Å². The molecule has 0 fully saturated rings. The summed E-state index contributed by atoms with van der Waals surface area (Å²) in [6.07, 6.45) is 1.86. The number of hydrogen-bond acceptors (Lipinski definition) is 3. The average Bonchev–Trinajstić information content (AvgIpc) is 2.77. The number of halogens is 1. The molecule has 0 bridgehead atoms. The predicted molar refractivity (Wildman–Crippen MR) is 78.8 cm³/mol. The van der Waals surface area contributed by atoms with Crippen molar-refractivity contribution in [2.45, 2.75) is 39.8 Å². The highest BCUT2D eigenvalue weighted by molar-refractivity contribution is 7.15. The molecule has 1 heterocycles. The van der Waals surface area contributed by atoms with E-state index in [1.54, 1.807) is 23.5 Å². The maximum Gasteiger partial charge on any atom is 0.123 e. The van der Waals surface area contributed by atoms with Gasteiger partial charge in [0, 0.05) is 28.7 Å². The van der Waals surface area contributed by atoms with Crippen LogP contribution in [0.25, 0.3) is 10.6 Å². The van der Waals surface area contributed by atoms with Crippen LogP contribution in [0.2, 0.25) is 0 Å². The molecule has 0 atom stereocenters. The van der Waals surface area contributed by atoms with Crippen LogP contribution in [0.1, 0.15) is 31.2 Å². The zero-order valence-electron chi connectivity index (χ0n) is 11.7. The Morgan fingerprint density at radius 2 is 2.05 bits per heavy atom. The second-order valence-corrected chi connectivity index (χ2v) is 6.81. The summed E-state index contributed by atoms with van der Waals surface area (Å²) in [4.78, 5) is 5.56. The van der Waals surface area contributed by atoms with Gasteiger partial charge in [-0.3, -0.25) is 0 Å². The van der Waals surface area contributed by atoms with E-state index in [9.17, 15) is 4.39 Å². The summed E-state index contributed by atoms with van der Waals surface area (Å²) in [5.74, 6) is -0.217. The number of thiazole rings is 1. The van der Waals surface area contributed by atoms with Crippen LogP contribution in [0.15, 0.2) is 24.4 Å². The molecule has 0 aliphatic rings. The Labute approximate surface area is 117 Å². The lowest BCUT2D eigenvalue weighted by molar-refractivity contribution is 0.426. The van der Waals surface area contributed by atoms with Crippen molar-refractivity contribution in [2.24, 2.45) is 0 Å². The van der Waals surface area contributed by atoms with Crippen molar-refractivity contribution in [3.63, 3.8) is 0 Å². The monoisotopic (exact) mass is 278 g/mol. The summed E-state index contributed by atoms with van der Waals surface area (Å²) in [7, 11) is 0. The zero-order chi connectivity index (χ0) is 14.0. The molecule has 0 aliphatic carbocycles. The lowest BCUT2D eigenvalue weighted by Crippen LogP contribution is -2.34. The summed E-state index contributed by atoms with van der Waals surface area (Å²) in [5.41, 5.74) is 2.01. The van der Waals surface area contributed by atoms with Crippen LogP contribution in [0, 0.1) is 12.7 Å². The van der Waals surface area contributed by atoms with E-state index in [-0.39, 0.29) is 11.4 Å². The van der Waals surface area contributed by atoms with Crippen molar-refractivity contribution in [3.8, 4) is 10.6 Å². The second-order valence-electron chi connectivity index (χ2n) is 5.69. The van der Waals surface area contributed by atoms with Crippen LogP contribution in [0.3, 0.4) is 0 Å². The van der Waals surface area contributed by atoms with Crippen LogP contribution in [-0.2, 0) is 6.54 Å². The minimum atomic E-state index is -0.217. The van der Waals surface area contributed by atoms with Gasteiger partial charge in [-0.1, -0.05) is 6.07 Å². The average molecular weight is 278 g/mol. The molecule has 4 heteroatoms. The molecule has 102 valence electrons. The Morgan fingerprint density at radius 3 is 2.74 bits per heavy atom. The first-order valence-corrected chi connectivity index (χ1v) is 7.13. The smallest absolute Gasteiger partial charge is 0.123 e. The summed E-state index contributed by atoms with van der Waals surface area (Å²) in [5, 5.41) is 4.30. The number of nitrogens with one attached hydrogen (secondary N) is 1. The zero-order valence-corrected chi connectivity index (χ0v) is 12.6. The van der Waals surface area contributed by atoms with Crippen LogP contribution >= 0.6 is 11.3 Å². The molecule has 0 unspecified atom stereocenters. The van der Waals surface area contributed by atoms with E-state index in [4.69, 9.17) is 0 Å². The number of nitrogens with zero attached hydrogens (tertiary/aromatic N) is 1. The van der Waals surface area contributed by atoms with Gasteiger partial charge in [0.05, 0.1) is 0 Å². The van der Waals surface area contributed by atoms with E-state index in [2.05, 4.69) is 31.1 Å². The Kier molecular flexibility index (Phi) is 4.02. The Bertz CT molecular complexity index is 570. The van der Waals surface area contributed by atoms with Gasteiger partial charge in [-0.05, 0) is 45.4 Å². The van der Waals surface area contributed by atoms with Crippen LogP contribution < -0.4 is 5.32 Å². The van der Waals surface area contributed by atoms with Gasteiger partial charge in [0.2, 0.25) is 0 Å². The van der Waals surface area contributed by atoms with Crippen molar-refractivity contribution in [1.82, 2.24) is 10.3 Å². The number of rotatable bonds is 3. The molecule has 1 aromatic heterocycles. The second kappa shape index (κ2) is 5.39. The number of aryl methyl sites for hydroxylation is 1. The lowest BCUT2D eigenvalue weighted by Gasteiger charge is -2.19. The van der Waals surface area contributed by atoms with Gasteiger partial charge in [0.1, 0.15) is 10.8 Å². The fourth-order valence-electron chi connectivity index (χ4n) is 1.69. The molecule has 0 aliphatic heterocycles. The van der Waals surface area contributed by atoms with E-state index >= 15 is 0 Å². The molecule has 0 saturated carbocycles. The molecule has 0 amide bonds. The van der Waals surface area contributed by atoms with Crippen LogP contribution in [0.5, 0.6) is 0 Å². The van der Waals surface area contributed by atoms with E-state index in [1.165, 1.54) is 6.07 Å². The standard InChI is InChI=1S/C15H19FN2S/c1-10-5-6-11(16)7-13(10)14-17-8-12(19-14)9-18-15(2,3)4/h5-8,18H,9H2,1-4H3. The molecule has 1 aromatic carbocycles. The van der Waals surface area contributed by atoms with Crippen molar-refractivity contribution >= 4 is 11.3 Å². The van der Waals surface area contributed by atoms with Gasteiger partial charge in [-0.2, -0.15) is 0 Å². The maximum atomic E-state index is 13.3. The van der Waals surface area contributed by atoms with E-state index < -0.39 is 0 Å². The van der Waals surface area contributed by atoms with Crippen molar-refractivity contribution in [2.75, 3.05) is 0 Å². The third-order valence-electron chi connectivity index (χ3n) is 2.78. The first kappa shape index (κ1) is 14.2. The first-order valence-electron chi connectivity index (χ1n) is 6.31. The Morgan fingerprint density at radius 1 is 1.32 bits per heavy atom. The minimum absolute atomic E-state index is 0.0823. The van der Waals surface area contributed by atoms with Crippen LogP contribution in [0.4, 0.5) is 4.39 Å². The molecule has 1 N–H and O–H groups in total. The summed E-state index contributed by atoms with van der Waals surface area (Å²) in [6, 6.07) is 4.82. The fraction of sp³-hybridized carbons (Fsp3) is 0.400. The largest absolute Gasteiger partial charge is 0.307 e. The highest BCUT2D eigenvalue weighted by Crippen LogP contribution is 2.28. The molecule has 0 radical (unpaired) electrons. The van der Waals surface area contributed by atoms with Gasteiger partial charge in [0.25, 0.3) is 0 Å². The predicted octanol–water partition coefficient (Wildman–Crippen LogP) is 4.15. The highest BCUT2D eigenvalue weighted by atomic mass is 32.1. The minimum Gasteiger partial charge on any atom is -0.307 e. The summed E-state index contributed by atoms with van der Waals surface area (Å²) >= 11 is 1.61. The highest BCUT2D eigenvalue weighted by Gasteiger charge is 2.12. The van der Waals surface area contributed by atoms with E-state index in [1.807, 2.05) is 13.1 Å². The lowest BCUT2D eigenvalue weighted by atomic mass is 10.1. The first-order chi connectivity index (χ1) is 8.85. The third-order valence-corrected chi connectivity index (χ3v) is 3.81. The molecule has 2 aromatic rings. The SMILES string of the molecule is Cc1ccc(F)cc1-c1ncc(CNC(C)(C)C)s1. The topological polar surface area (TPSA) is 24.9 Å². The Balaban J connectivity index is 2.19. The molecule has 2 rings (SSSR count). The number of aromatic nitrogens is 1. The third kappa shape index (κ3) is 3.85. The van der Waals surface area contributed by atoms with E-state index in [0.717, 1.165) is 27.6 Å². The quantitative estimate of drug-likeness (QED) is 0.912. The molecule has 0 saturated heterocycles. The molecule has 0 spiro atoms. The van der Waals surface area contributed by atoms with Crippen molar-refractivity contribution < 1.29 is 4.39 Å². The summed E-state index contributed by atoms with van der Waals surface area (Å²) in [6.45, 7) is 9.15. The normalized spacial score (nSPS) is 11.8. The van der Waals surface area contributed by atoms with Crippen molar-refractivity contribution in [1.29, 1.82) is 0 Å². The van der Waals surface area contributed by atoms with Gasteiger partial charge in [-0.25, -0.2) is 9.37 Å². The van der Waals surface area contributed by atoms with Crippen LogP contribution in [-0.4, -0.2) is 10.5 Å². The van der Waals surface area contributed by atoms with Gasteiger partial charge in [0.15, 0.2) is 0 Å². The fourth-order valence-corrected chi connectivity index (χ4v) is 2.62. The molecular weight excluding hydrogens is 259 g/mol. The molecule has 2 nitrogen and oxygen atoms in total. The molecular formula is C15H19FN2S.